The van der Waals surface area contributed by atoms with Crippen molar-refractivity contribution in [1.29, 1.82) is 0 Å². The summed E-state index contributed by atoms with van der Waals surface area (Å²) in [5, 5.41) is 14.0. The van der Waals surface area contributed by atoms with Crippen molar-refractivity contribution in [1.82, 2.24) is 19.7 Å². The van der Waals surface area contributed by atoms with Gasteiger partial charge in [0.2, 0.25) is 0 Å². The molecule has 0 aromatic carbocycles. The zero-order valence-corrected chi connectivity index (χ0v) is 13.0. The lowest BCUT2D eigenvalue weighted by Crippen LogP contribution is -2.41. The number of nitrogens with zero attached hydrogens (tertiary/aromatic N) is 4. The van der Waals surface area contributed by atoms with E-state index < -0.39 is 0 Å². The number of aliphatic hydroxyl groups is 1. The molecule has 0 aliphatic carbocycles. The molecule has 0 radical (unpaired) electrons. The molecular weight excluding hydrogens is 252 g/mol. The fraction of sp³-hybridized carbons (Fsp3) is 0.867. The minimum absolute atomic E-state index is 0.228. The van der Waals surface area contributed by atoms with Gasteiger partial charge in [-0.05, 0) is 38.6 Å². The molecule has 20 heavy (non-hydrogen) atoms. The Bertz CT molecular complexity index is 402. The summed E-state index contributed by atoms with van der Waals surface area (Å²) in [6.45, 7) is 9.15. The van der Waals surface area contributed by atoms with Crippen LogP contribution in [0.5, 0.6) is 0 Å². The molecule has 2 heterocycles. The number of rotatable bonds is 6. The quantitative estimate of drug-likeness (QED) is 0.866. The molecule has 0 saturated carbocycles. The van der Waals surface area contributed by atoms with Crippen LogP contribution in [-0.2, 0) is 13.1 Å². The van der Waals surface area contributed by atoms with Crippen molar-refractivity contribution in [3.63, 3.8) is 0 Å². The molecule has 114 valence electrons. The van der Waals surface area contributed by atoms with Gasteiger partial charge in [0.15, 0.2) is 0 Å². The van der Waals surface area contributed by atoms with Gasteiger partial charge in [0, 0.05) is 12.6 Å². The van der Waals surface area contributed by atoms with Gasteiger partial charge in [-0.3, -0.25) is 4.90 Å². The summed E-state index contributed by atoms with van der Waals surface area (Å²) >= 11 is 0. The van der Waals surface area contributed by atoms with Crippen LogP contribution < -0.4 is 0 Å². The van der Waals surface area contributed by atoms with E-state index in [4.69, 9.17) is 0 Å². The van der Waals surface area contributed by atoms with E-state index in [-0.39, 0.29) is 6.10 Å². The Balaban J connectivity index is 2.01. The highest BCUT2D eigenvalue weighted by Crippen LogP contribution is 2.22. The predicted molar refractivity (Wildman–Crippen MR) is 79.2 cm³/mol. The molecule has 0 amide bonds. The first-order valence-electron chi connectivity index (χ1n) is 7.85. The number of aliphatic hydroxyl groups excluding tert-OH is 1. The van der Waals surface area contributed by atoms with Gasteiger partial charge in [-0.15, -0.1) is 0 Å². The van der Waals surface area contributed by atoms with Gasteiger partial charge in [0.25, 0.3) is 0 Å². The second-order valence-corrected chi connectivity index (χ2v) is 6.46. The smallest absolute Gasteiger partial charge is 0.141 e. The molecule has 2 unspecified atom stereocenters. The van der Waals surface area contributed by atoms with Crippen molar-refractivity contribution in [2.75, 3.05) is 6.54 Å². The fourth-order valence-corrected chi connectivity index (χ4v) is 3.02. The Hall–Kier alpha value is -0.940. The third-order valence-corrected chi connectivity index (χ3v) is 3.94. The Morgan fingerprint density at radius 2 is 2.15 bits per heavy atom. The van der Waals surface area contributed by atoms with E-state index >= 15 is 0 Å². The van der Waals surface area contributed by atoms with E-state index in [1.165, 1.54) is 19.3 Å². The van der Waals surface area contributed by atoms with Crippen LogP contribution in [0.2, 0.25) is 0 Å². The molecule has 5 heteroatoms. The molecule has 1 aromatic heterocycles. The predicted octanol–water partition coefficient (Wildman–Crippen LogP) is 2.06. The van der Waals surface area contributed by atoms with Gasteiger partial charge in [-0.2, -0.15) is 5.10 Å². The van der Waals surface area contributed by atoms with E-state index in [0.29, 0.717) is 12.0 Å². The summed E-state index contributed by atoms with van der Waals surface area (Å²) < 4.78 is 2.03. The fourth-order valence-electron chi connectivity index (χ4n) is 3.02. The number of hydrogen-bond acceptors (Lipinski definition) is 4. The molecule has 1 aliphatic rings. The number of likely N-dealkylation sites (tertiary alicyclic amines) is 1. The molecule has 2 rings (SSSR count). The molecule has 1 aliphatic heterocycles. The summed E-state index contributed by atoms with van der Waals surface area (Å²) in [5.41, 5.74) is 0. The topological polar surface area (TPSA) is 54.2 Å². The van der Waals surface area contributed by atoms with Gasteiger partial charge in [-0.25, -0.2) is 9.67 Å². The average molecular weight is 280 g/mol. The van der Waals surface area contributed by atoms with Crippen LogP contribution in [-0.4, -0.2) is 43.5 Å². The van der Waals surface area contributed by atoms with E-state index in [1.807, 2.05) is 11.6 Å². The first-order chi connectivity index (χ1) is 9.56. The van der Waals surface area contributed by atoms with Crippen LogP contribution in [0.15, 0.2) is 6.33 Å². The zero-order valence-electron chi connectivity index (χ0n) is 13.0. The van der Waals surface area contributed by atoms with Crippen LogP contribution in [0, 0.1) is 5.92 Å². The molecule has 1 fully saturated rings. The van der Waals surface area contributed by atoms with Gasteiger partial charge in [0.1, 0.15) is 12.2 Å². The first kappa shape index (κ1) is 15.4. The maximum absolute atomic E-state index is 9.66. The summed E-state index contributed by atoms with van der Waals surface area (Å²) in [4.78, 5) is 6.89. The molecule has 0 bridgehead atoms. The van der Waals surface area contributed by atoms with Crippen molar-refractivity contribution in [2.45, 2.75) is 71.7 Å². The van der Waals surface area contributed by atoms with Crippen molar-refractivity contribution >= 4 is 0 Å². The summed E-state index contributed by atoms with van der Waals surface area (Å²) in [7, 11) is 0. The number of hydrogen-bond donors (Lipinski definition) is 1. The summed E-state index contributed by atoms with van der Waals surface area (Å²) in [5.74, 6) is 1.63. The van der Waals surface area contributed by atoms with Gasteiger partial charge >= 0.3 is 0 Å². The highest BCUT2D eigenvalue weighted by atomic mass is 16.3. The van der Waals surface area contributed by atoms with E-state index in [9.17, 15) is 5.11 Å². The molecule has 1 saturated heterocycles. The zero-order chi connectivity index (χ0) is 14.5. The largest absolute Gasteiger partial charge is 0.393 e. The Kier molecular flexibility index (Phi) is 5.54. The third-order valence-electron chi connectivity index (χ3n) is 3.94. The normalized spacial score (nSPS) is 22.4. The molecule has 2 atom stereocenters. The molecule has 1 N–H and O–H groups in total. The lowest BCUT2D eigenvalue weighted by Gasteiger charge is -2.36. The molecular formula is C15H28N4O. The maximum Gasteiger partial charge on any atom is 0.141 e. The van der Waals surface area contributed by atoms with E-state index in [2.05, 4.69) is 28.8 Å². The lowest BCUT2D eigenvalue weighted by atomic mass is 9.97. The minimum Gasteiger partial charge on any atom is -0.393 e. The molecule has 5 nitrogen and oxygen atoms in total. The van der Waals surface area contributed by atoms with Crippen LogP contribution in [0.1, 0.15) is 52.3 Å². The van der Waals surface area contributed by atoms with Crippen LogP contribution in [0.25, 0.3) is 0 Å². The van der Waals surface area contributed by atoms with Gasteiger partial charge < -0.3 is 5.11 Å². The molecule has 0 spiro atoms. The highest BCUT2D eigenvalue weighted by Gasteiger charge is 2.25. The maximum atomic E-state index is 9.66. The SMILES string of the molecule is CC(C)Cn1ncnc1CN1CCCCC1CC(C)O. The lowest BCUT2D eigenvalue weighted by molar-refractivity contribution is 0.0787. The Morgan fingerprint density at radius 3 is 2.85 bits per heavy atom. The van der Waals surface area contributed by atoms with Crippen molar-refractivity contribution in [2.24, 2.45) is 5.92 Å². The van der Waals surface area contributed by atoms with Crippen LogP contribution in [0.4, 0.5) is 0 Å². The monoisotopic (exact) mass is 280 g/mol. The Labute approximate surface area is 122 Å². The first-order valence-corrected chi connectivity index (χ1v) is 7.85. The summed E-state index contributed by atoms with van der Waals surface area (Å²) in [6.07, 6.45) is 5.99. The highest BCUT2D eigenvalue weighted by molar-refractivity contribution is 4.89. The van der Waals surface area contributed by atoms with Crippen molar-refractivity contribution in [3.8, 4) is 0 Å². The average Bonchev–Trinajstić information content (AvgIpc) is 2.78. The van der Waals surface area contributed by atoms with Crippen molar-refractivity contribution in [3.05, 3.63) is 12.2 Å². The second kappa shape index (κ2) is 7.18. The van der Waals surface area contributed by atoms with E-state index in [1.54, 1.807) is 6.33 Å². The van der Waals surface area contributed by atoms with Crippen LogP contribution in [0.3, 0.4) is 0 Å². The molecule has 1 aromatic rings. The van der Waals surface area contributed by atoms with Crippen molar-refractivity contribution < 1.29 is 5.11 Å². The number of aromatic nitrogens is 3. The number of piperidine rings is 1. The van der Waals surface area contributed by atoms with Crippen LogP contribution >= 0.6 is 0 Å². The standard InChI is InChI=1S/C15H28N4O/c1-12(2)9-19-15(16-11-17-19)10-18-7-5-4-6-14(18)8-13(3)20/h11-14,20H,4-10H2,1-3H3. The Morgan fingerprint density at radius 1 is 1.35 bits per heavy atom. The van der Waals surface area contributed by atoms with Gasteiger partial charge in [-0.1, -0.05) is 20.3 Å². The second-order valence-electron chi connectivity index (χ2n) is 6.46. The summed E-state index contributed by atoms with van der Waals surface area (Å²) in [6, 6.07) is 0.480. The minimum atomic E-state index is -0.228. The third kappa shape index (κ3) is 4.28. The van der Waals surface area contributed by atoms with E-state index in [0.717, 1.165) is 31.9 Å². The van der Waals surface area contributed by atoms with Gasteiger partial charge in [0.05, 0.1) is 12.6 Å².